The maximum Gasteiger partial charge on any atom is 0.343 e. The van der Waals surface area contributed by atoms with Gasteiger partial charge in [0.25, 0.3) is 0 Å². The van der Waals surface area contributed by atoms with Crippen LogP contribution >= 0.6 is 11.8 Å². The van der Waals surface area contributed by atoms with Crippen molar-refractivity contribution in [3.05, 3.63) is 41.7 Å². The molecule has 0 atom stereocenters. The number of anilines is 2. The van der Waals surface area contributed by atoms with Crippen LogP contribution < -0.4 is 5.32 Å². The lowest BCUT2D eigenvalue weighted by Gasteiger charge is -2.14. The molecule has 2 aromatic heterocycles. The number of carbonyl (C=O) groups is 1. The van der Waals surface area contributed by atoms with Crippen LogP contribution in [0.5, 0.6) is 0 Å². The number of aromatic nitrogens is 3. The number of nitrogens with zero attached hydrogens (tertiary/aromatic N) is 2. The molecule has 6 nitrogen and oxygen atoms in total. The summed E-state index contributed by atoms with van der Waals surface area (Å²) in [5.74, 6) is 0.0328. The number of aryl methyl sites for hydroxylation is 1. The van der Waals surface area contributed by atoms with Crippen LogP contribution in [0.1, 0.15) is 23.0 Å². The second-order valence-electron chi connectivity index (χ2n) is 5.11. The van der Waals surface area contributed by atoms with E-state index in [-0.39, 0.29) is 0 Å². The van der Waals surface area contributed by atoms with E-state index in [9.17, 15) is 4.79 Å². The Morgan fingerprint density at radius 2 is 2.17 bits per heavy atom. The van der Waals surface area contributed by atoms with Crippen molar-refractivity contribution in [2.75, 3.05) is 18.2 Å². The molecule has 24 heavy (non-hydrogen) atoms. The van der Waals surface area contributed by atoms with Gasteiger partial charge >= 0.3 is 5.97 Å². The number of benzene rings is 1. The summed E-state index contributed by atoms with van der Waals surface area (Å²) >= 11 is 1.43. The standard InChI is InChI=1S/C17H18N4O2S/c1-4-23-16(22)14-10(2)19-17(24-3)21-15(14)20-13-7-5-6-12-11(13)8-9-18-12/h5-9,18H,4H2,1-3H3,(H,19,20,21). The van der Waals surface area contributed by atoms with Crippen molar-refractivity contribution in [1.29, 1.82) is 0 Å². The van der Waals surface area contributed by atoms with Gasteiger partial charge in [-0.15, -0.1) is 0 Å². The highest BCUT2D eigenvalue weighted by Crippen LogP contribution is 2.29. The summed E-state index contributed by atoms with van der Waals surface area (Å²) in [5, 5.41) is 4.89. The number of carbonyl (C=O) groups excluding carboxylic acids is 1. The van der Waals surface area contributed by atoms with Gasteiger partial charge in [0.15, 0.2) is 5.16 Å². The average molecular weight is 342 g/mol. The van der Waals surface area contributed by atoms with Crippen molar-refractivity contribution in [3.8, 4) is 0 Å². The summed E-state index contributed by atoms with van der Waals surface area (Å²) < 4.78 is 5.16. The van der Waals surface area contributed by atoms with E-state index in [1.54, 1.807) is 13.8 Å². The van der Waals surface area contributed by atoms with Gasteiger partial charge in [-0.1, -0.05) is 17.8 Å². The molecule has 2 heterocycles. The van der Waals surface area contributed by atoms with Crippen LogP contribution in [0.25, 0.3) is 10.9 Å². The number of esters is 1. The molecule has 0 amide bonds. The molecule has 0 bridgehead atoms. The molecule has 124 valence electrons. The zero-order chi connectivity index (χ0) is 17.1. The van der Waals surface area contributed by atoms with Gasteiger partial charge in [-0.05, 0) is 38.3 Å². The Labute approximate surface area is 144 Å². The third kappa shape index (κ3) is 3.07. The first-order chi connectivity index (χ1) is 11.6. The lowest BCUT2D eigenvalue weighted by Crippen LogP contribution is -2.13. The first kappa shape index (κ1) is 16.3. The Hall–Kier alpha value is -2.54. The van der Waals surface area contributed by atoms with Gasteiger partial charge < -0.3 is 15.0 Å². The molecule has 1 aromatic carbocycles. The van der Waals surface area contributed by atoms with E-state index >= 15 is 0 Å². The van der Waals surface area contributed by atoms with Crippen molar-refractivity contribution >= 4 is 40.1 Å². The molecule has 3 rings (SSSR count). The highest BCUT2D eigenvalue weighted by atomic mass is 32.2. The number of aromatic amines is 1. The van der Waals surface area contributed by atoms with Crippen LogP contribution in [0.2, 0.25) is 0 Å². The van der Waals surface area contributed by atoms with Crippen LogP contribution in [0.4, 0.5) is 11.5 Å². The Bertz CT molecular complexity index is 891. The molecule has 3 aromatic rings. The van der Waals surface area contributed by atoms with Gasteiger partial charge in [0, 0.05) is 22.8 Å². The molecule has 0 spiro atoms. The van der Waals surface area contributed by atoms with Crippen molar-refractivity contribution in [2.45, 2.75) is 19.0 Å². The van der Waals surface area contributed by atoms with Crippen molar-refractivity contribution in [2.24, 2.45) is 0 Å². The van der Waals surface area contributed by atoms with Crippen LogP contribution in [-0.4, -0.2) is 33.8 Å². The molecule has 2 N–H and O–H groups in total. The topological polar surface area (TPSA) is 79.9 Å². The van der Waals surface area contributed by atoms with Gasteiger partial charge in [0.2, 0.25) is 0 Å². The maximum absolute atomic E-state index is 12.3. The van der Waals surface area contributed by atoms with Crippen molar-refractivity contribution in [3.63, 3.8) is 0 Å². The van der Waals surface area contributed by atoms with Crippen molar-refractivity contribution in [1.82, 2.24) is 15.0 Å². The number of H-pyrrole nitrogens is 1. The first-order valence-electron chi connectivity index (χ1n) is 7.57. The van der Waals surface area contributed by atoms with Crippen LogP contribution in [-0.2, 0) is 4.74 Å². The smallest absolute Gasteiger partial charge is 0.343 e. The number of hydrogen-bond acceptors (Lipinski definition) is 6. The SMILES string of the molecule is CCOC(=O)c1c(C)nc(SC)nc1Nc1cccc2[nH]ccc12. The first-order valence-corrected chi connectivity index (χ1v) is 8.79. The van der Waals surface area contributed by atoms with Crippen LogP contribution in [0.15, 0.2) is 35.6 Å². The zero-order valence-corrected chi connectivity index (χ0v) is 14.5. The summed E-state index contributed by atoms with van der Waals surface area (Å²) in [5.41, 5.74) is 2.83. The fraction of sp³-hybridized carbons (Fsp3) is 0.235. The molecule has 0 aliphatic rings. The fourth-order valence-electron chi connectivity index (χ4n) is 2.50. The fourth-order valence-corrected chi connectivity index (χ4v) is 2.91. The summed E-state index contributed by atoms with van der Waals surface area (Å²) in [7, 11) is 0. The molecule has 0 radical (unpaired) electrons. The molecular weight excluding hydrogens is 324 g/mol. The molecule has 0 aliphatic carbocycles. The van der Waals surface area contributed by atoms with Crippen LogP contribution in [0, 0.1) is 6.92 Å². The molecule has 0 saturated heterocycles. The normalized spacial score (nSPS) is 10.8. The number of thioether (sulfide) groups is 1. The summed E-state index contributed by atoms with van der Waals surface area (Å²) in [6.45, 7) is 3.86. The molecule has 7 heteroatoms. The lowest BCUT2D eigenvalue weighted by molar-refractivity contribution is 0.0525. The van der Waals surface area contributed by atoms with Gasteiger partial charge in [0.1, 0.15) is 11.4 Å². The quantitative estimate of drug-likeness (QED) is 0.416. The van der Waals surface area contributed by atoms with Gasteiger partial charge in [-0.2, -0.15) is 0 Å². The second kappa shape index (κ2) is 6.92. The summed E-state index contributed by atoms with van der Waals surface area (Å²) in [4.78, 5) is 24.3. The molecule has 0 fully saturated rings. The van der Waals surface area contributed by atoms with E-state index in [2.05, 4.69) is 20.3 Å². The van der Waals surface area contributed by atoms with Gasteiger partial charge in [0.05, 0.1) is 12.3 Å². The lowest BCUT2D eigenvalue weighted by atomic mass is 10.2. The Kier molecular flexibility index (Phi) is 4.71. The minimum atomic E-state index is -0.425. The van der Waals surface area contributed by atoms with Gasteiger partial charge in [-0.3, -0.25) is 0 Å². The Balaban J connectivity index is 2.10. The van der Waals surface area contributed by atoms with E-state index < -0.39 is 5.97 Å². The third-order valence-corrected chi connectivity index (χ3v) is 4.13. The van der Waals surface area contributed by atoms with E-state index in [0.717, 1.165) is 16.6 Å². The van der Waals surface area contributed by atoms with Gasteiger partial charge in [-0.25, -0.2) is 14.8 Å². The van der Waals surface area contributed by atoms with E-state index in [4.69, 9.17) is 4.74 Å². The van der Waals surface area contributed by atoms with Crippen LogP contribution in [0.3, 0.4) is 0 Å². The predicted molar refractivity (Wildman–Crippen MR) is 96.1 cm³/mol. The molecule has 0 saturated carbocycles. The highest BCUT2D eigenvalue weighted by Gasteiger charge is 2.20. The summed E-state index contributed by atoms with van der Waals surface area (Å²) in [6, 6.07) is 7.85. The minimum Gasteiger partial charge on any atom is -0.462 e. The van der Waals surface area contributed by atoms with E-state index in [1.807, 2.05) is 36.7 Å². The van der Waals surface area contributed by atoms with E-state index in [0.29, 0.717) is 28.8 Å². The Morgan fingerprint density at radius 1 is 1.33 bits per heavy atom. The third-order valence-electron chi connectivity index (χ3n) is 3.58. The number of hydrogen-bond donors (Lipinski definition) is 2. The molecule has 0 aliphatic heterocycles. The number of rotatable bonds is 5. The second-order valence-corrected chi connectivity index (χ2v) is 5.88. The number of ether oxygens (including phenoxy) is 1. The zero-order valence-electron chi connectivity index (χ0n) is 13.7. The largest absolute Gasteiger partial charge is 0.462 e. The number of nitrogens with one attached hydrogen (secondary N) is 2. The Morgan fingerprint density at radius 3 is 2.92 bits per heavy atom. The molecular formula is C17H18N4O2S. The highest BCUT2D eigenvalue weighted by molar-refractivity contribution is 7.98. The van der Waals surface area contributed by atoms with E-state index in [1.165, 1.54) is 11.8 Å². The summed E-state index contributed by atoms with van der Waals surface area (Å²) in [6.07, 6.45) is 3.77. The average Bonchev–Trinajstić information content (AvgIpc) is 3.04. The predicted octanol–water partition coefficient (Wildman–Crippen LogP) is 3.91. The monoisotopic (exact) mass is 342 g/mol. The maximum atomic E-state index is 12.3. The minimum absolute atomic E-state index is 0.301. The number of fused-ring (bicyclic) bond motifs is 1. The van der Waals surface area contributed by atoms with Crippen molar-refractivity contribution < 1.29 is 9.53 Å². The molecule has 0 unspecified atom stereocenters.